The lowest BCUT2D eigenvalue weighted by Crippen LogP contribution is -2.21. The van der Waals surface area contributed by atoms with Gasteiger partial charge in [0.25, 0.3) is 0 Å². The number of H-pyrrole nitrogens is 1. The van der Waals surface area contributed by atoms with Crippen LogP contribution < -0.4 is 5.32 Å². The van der Waals surface area contributed by atoms with Gasteiger partial charge in [-0.3, -0.25) is 0 Å². The number of aromatic nitrogens is 5. The average molecular weight is 234 g/mol. The van der Waals surface area contributed by atoms with Crippen molar-refractivity contribution in [2.45, 2.75) is 39.4 Å². The first-order valence-corrected chi connectivity index (χ1v) is 5.92. The lowest BCUT2D eigenvalue weighted by atomic mass is 10.3. The molecule has 6 nitrogen and oxygen atoms in total. The minimum atomic E-state index is 0.0960. The summed E-state index contributed by atoms with van der Waals surface area (Å²) in [4.78, 5) is 0. The Kier molecular flexibility index (Phi) is 3.87. The van der Waals surface area contributed by atoms with Crippen LogP contribution in [0, 0.1) is 0 Å². The van der Waals surface area contributed by atoms with Crippen LogP contribution in [-0.4, -0.2) is 25.2 Å². The molecule has 1 atom stereocenters. The van der Waals surface area contributed by atoms with Crippen LogP contribution in [0.2, 0.25) is 0 Å². The summed E-state index contributed by atoms with van der Waals surface area (Å²) in [5.74, 6) is 0.693. The van der Waals surface area contributed by atoms with Gasteiger partial charge in [-0.15, -0.1) is 10.2 Å². The summed E-state index contributed by atoms with van der Waals surface area (Å²) in [5.41, 5.74) is 1.28. The molecule has 0 aliphatic rings. The van der Waals surface area contributed by atoms with Crippen molar-refractivity contribution in [1.82, 2.24) is 30.5 Å². The number of rotatable bonds is 6. The molecule has 0 bridgehead atoms. The molecule has 2 rings (SSSR count). The Morgan fingerprint density at radius 1 is 1.53 bits per heavy atom. The van der Waals surface area contributed by atoms with Gasteiger partial charge in [0.2, 0.25) is 0 Å². The molecule has 92 valence electrons. The standard InChI is InChI=1S/C11H18N6/c1-3-6-17-7-4-5-10(17)8-12-9(2)11-13-15-16-14-11/h4-5,7,9,12H,3,6,8H2,1-2H3,(H,13,14,15,16). The molecule has 0 aliphatic heterocycles. The number of tetrazole rings is 1. The van der Waals surface area contributed by atoms with Crippen molar-refractivity contribution in [3.8, 4) is 0 Å². The van der Waals surface area contributed by atoms with Crippen molar-refractivity contribution < 1.29 is 0 Å². The molecule has 6 heteroatoms. The monoisotopic (exact) mass is 234 g/mol. The molecule has 0 aliphatic carbocycles. The summed E-state index contributed by atoms with van der Waals surface area (Å²) >= 11 is 0. The van der Waals surface area contributed by atoms with E-state index in [1.807, 2.05) is 6.92 Å². The van der Waals surface area contributed by atoms with Gasteiger partial charge in [0, 0.05) is 25.0 Å². The molecule has 0 saturated heterocycles. The van der Waals surface area contributed by atoms with Crippen LogP contribution >= 0.6 is 0 Å². The third kappa shape index (κ3) is 2.91. The third-order valence-electron chi connectivity index (χ3n) is 2.73. The van der Waals surface area contributed by atoms with E-state index in [0.717, 1.165) is 19.5 Å². The molecule has 2 heterocycles. The highest BCUT2D eigenvalue weighted by Crippen LogP contribution is 2.08. The van der Waals surface area contributed by atoms with E-state index < -0.39 is 0 Å². The first kappa shape index (κ1) is 11.8. The van der Waals surface area contributed by atoms with Gasteiger partial charge in [-0.1, -0.05) is 12.1 Å². The normalized spacial score (nSPS) is 12.8. The summed E-state index contributed by atoms with van der Waals surface area (Å²) in [6, 6.07) is 4.30. The zero-order valence-electron chi connectivity index (χ0n) is 10.2. The van der Waals surface area contributed by atoms with E-state index in [-0.39, 0.29) is 6.04 Å². The Labute approximate surface area is 100 Å². The fraction of sp³-hybridized carbons (Fsp3) is 0.545. The summed E-state index contributed by atoms with van der Waals surface area (Å²) < 4.78 is 2.26. The van der Waals surface area contributed by atoms with Gasteiger partial charge in [-0.2, -0.15) is 5.21 Å². The minimum Gasteiger partial charge on any atom is -0.350 e. The summed E-state index contributed by atoms with van der Waals surface area (Å²) in [5, 5.41) is 17.3. The minimum absolute atomic E-state index is 0.0960. The maximum Gasteiger partial charge on any atom is 0.191 e. The smallest absolute Gasteiger partial charge is 0.191 e. The fourth-order valence-corrected chi connectivity index (χ4v) is 1.77. The first-order chi connectivity index (χ1) is 8.31. The van der Waals surface area contributed by atoms with Crippen molar-refractivity contribution in [3.63, 3.8) is 0 Å². The van der Waals surface area contributed by atoms with Crippen LogP contribution in [-0.2, 0) is 13.1 Å². The fourth-order valence-electron chi connectivity index (χ4n) is 1.77. The maximum atomic E-state index is 3.96. The predicted molar refractivity (Wildman–Crippen MR) is 64.2 cm³/mol. The van der Waals surface area contributed by atoms with Crippen LogP contribution in [0.4, 0.5) is 0 Å². The average Bonchev–Trinajstić information content (AvgIpc) is 2.97. The van der Waals surface area contributed by atoms with Gasteiger partial charge < -0.3 is 9.88 Å². The van der Waals surface area contributed by atoms with Gasteiger partial charge >= 0.3 is 0 Å². The molecule has 0 amide bonds. The molecule has 0 aromatic carbocycles. The van der Waals surface area contributed by atoms with Crippen LogP contribution in [0.15, 0.2) is 18.3 Å². The molecule has 2 aromatic heterocycles. The van der Waals surface area contributed by atoms with Crippen LogP contribution in [0.3, 0.4) is 0 Å². The zero-order chi connectivity index (χ0) is 12.1. The van der Waals surface area contributed by atoms with Gasteiger partial charge in [0.1, 0.15) is 0 Å². The van der Waals surface area contributed by atoms with E-state index >= 15 is 0 Å². The van der Waals surface area contributed by atoms with Crippen LogP contribution in [0.1, 0.15) is 37.8 Å². The van der Waals surface area contributed by atoms with Gasteiger partial charge in [-0.05, 0) is 25.5 Å². The van der Waals surface area contributed by atoms with Gasteiger partial charge in [0.05, 0.1) is 6.04 Å². The predicted octanol–water partition coefficient (Wildman–Crippen LogP) is 1.26. The van der Waals surface area contributed by atoms with Gasteiger partial charge in [0.15, 0.2) is 5.82 Å². The second kappa shape index (κ2) is 5.58. The molecule has 0 fully saturated rings. The Morgan fingerprint density at radius 2 is 2.41 bits per heavy atom. The number of hydrogen-bond acceptors (Lipinski definition) is 4. The summed E-state index contributed by atoms with van der Waals surface area (Å²) in [6.07, 6.45) is 3.25. The highest BCUT2D eigenvalue weighted by atomic mass is 15.5. The zero-order valence-corrected chi connectivity index (χ0v) is 10.2. The molecular formula is C11H18N6. The Morgan fingerprint density at radius 3 is 3.12 bits per heavy atom. The number of nitrogens with one attached hydrogen (secondary N) is 2. The first-order valence-electron chi connectivity index (χ1n) is 5.92. The van der Waals surface area contributed by atoms with E-state index in [2.05, 4.69) is 55.8 Å². The highest BCUT2D eigenvalue weighted by molar-refractivity contribution is 5.07. The molecule has 17 heavy (non-hydrogen) atoms. The van der Waals surface area contributed by atoms with E-state index in [4.69, 9.17) is 0 Å². The Hall–Kier alpha value is -1.69. The molecule has 0 spiro atoms. The molecule has 2 N–H and O–H groups in total. The second-order valence-corrected chi connectivity index (χ2v) is 4.07. The number of nitrogens with zero attached hydrogens (tertiary/aromatic N) is 4. The molecule has 1 unspecified atom stereocenters. The van der Waals surface area contributed by atoms with E-state index in [1.54, 1.807) is 0 Å². The SMILES string of the molecule is CCCn1cccc1CNC(C)c1nn[nH]n1. The summed E-state index contributed by atoms with van der Waals surface area (Å²) in [7, 11) is 0. The van der Waals surface area contributed by atoms with Crippen molar-refractivity contribution in [2.75, 3.05) is 0 Å². The van der Waals surface area contributed by atoms with Crippen molar-refractivity contribution in [2.24, 2.45) is 0 Å². The van der Waals surface area contributed by atoms with Crippen molar-refractivity contribution in [3.05, 3.63) is 29.8 Å². The van der Waals surface area contributed by atoms with E-state index in [9.17, 15) is 0 Å². The summed E-state index contributed by atoms with van der Waals surface area (Å²) in [6.45, 7) is 6.07. The Balaban J connectivity index is 1.91. The van der Waals surface area contributed by atoms with Crippen molar-refractivity contribution in [1.29, 1.82) is 0 Å². The molecule has 2 aromatic rings. The number of aromatic amines is 1. The molecule has 0 radical (unpaired) electrons. The lowest BCUT2D eigenvalue weighted by molar-refractivity contribution is 0.522. The number of hydrogen-bond donors (Lipinski definition) is 2. The van der Waals surface area contributed by atoms with E-state index in [0.29, 0.717) is 5.82 Å². The quantitative estimate of drug-likeness (QED) is 0.789. The number of aryl methyl sites for hydroxylation is 1. The van der Waals surface area contributed by atoms with Crippen LogP contribution in [0.25, 0.3) is 0 Å². The highest BCUT2D eigenvalue weighted by Gasteiger charge is 2.10. The molecular weight excluding hydrogens is 216 g/mol. The molecule has 0 saturated carbocycles. The van der Waals surface area contributed by atoms with Crippen LogP contribution in [0.5, 0.6) is 0 Å². The largest absolute Gasteiger partial charge is 0.350 e. The lowest BCUT2D eigenvalue weighted by Gasteiger charge is -2.12. The van der Waals surface area contributed by atoms with Gasteiger partial charge in [-0.25, -0.2) is 0 Å². The van der Waals surface area contributed by atoms with E-state index in [1.165, 1.54) is 5.69 Å². The van der Waals surface area contributed by atoms with Crippen molar-refractivity contribution >= 4 is 0 Å². The topological polar surface area (TPSA) is 71.4 Å². The Bertz CT molecular complexity index is 433. The maximum absolute atomic E-state index is 3.96. The third-order valence-corrected chi connectivity index (χ3v) is 2.73. The second-order valence-electron chi connectivity index (χ2n) is 4.07.